The molecule has 1 N–H and O–H groups in total. The van der Waals surface area contributed by atoms with E-state index < -0.39 is 0 Å². The van der Waals surface area contributed by atoms with Gasteiger partial charge in [-0.3, -0.25) is 9.59 Å². The van der Waals surface area contributed by atoms with Gasteiger partial charge in [0.15, 0.2) is 0 Å². The predicted octanol–water partition coefficient (Wildman–Crippen LogP) is 1.95. The molecule has 1 heterocycles. The molecular formula is C14H18N2O3S. The smallest absolute Gasteiger partial charge is 0.244 e. The first-order chi connectivity index (χ1) is 9.70. The van der Waals surface area contributed by atoms with Crippen LogP contribution < -0.4 is 10.1 Å². The topological polar surface area (TPSA) is 58.6 Å². The van der Waals surface area contributed by atoms with E-state index in [1.807, 2.05) is 25.1 Å². The van der Waals surface area contributed by atoms with Crippen LogP contribution in [0, 0.1) is 0 Å². The van der Waals surface area contributed by atoms with Crippen LogP contribution in [0.3, 0.4) is 0 Å². The number of hydrogen-bond acceptors (Lipinski definition) is 4. The number of carbonyl (C=O) groups excluding carboxylic acids is 2. The summed E-state index contributed by atoms with van der Waals surface area (Å²) in [6.07, 6.45) is 0.905. The maximum atomic E-state index is 12.0. The monoisotopic (exact) mass is 294 g/mol. The minimum atomic E-state index is -0.201. The lowest BCUT2D eigenvalue weighted by Crippen LogP contribution is -2.34. The fourth-order valence-corrected chi connectivity index (χ4v) is 2.72. The predicted molar refractivity (Wildman–Crippen MR) is 79.9 cm³/mol. The average molecular weight is 294 g/mol. The fourth-order valence-electron chi connectivity index (χ4n) is 1.81. The van der Waals surface area contributed by atoms with Gasteiger partial charge in [0.1, 0.15) is 12.3 Å². The molecule has 1 aromatic rings. The molecule has 0 aliphatic carbocycles. The zero-order chi connectivity index (χ0) is 14.4. The number of ether oxygens (including phenoxy) is 1. The third-order valence-corrected chi connectivity index (χ3v) is 3.73. The summed E-state index contributed by atoms with van der Waals surface area (Å²) in [5.41, 5.74) is 0.644. The standard InChI is InChI=1S/C14H18N2O3S/c1-2-7-19-12-6-4-3-5-11(12)15-13(17)8-16-10-20-9-14(16)18/h3-6H,2,7-10H2,1H3,(H,15,17). The van der Waals surface area contributed by atoms with E-state index in [1.165, 1.54) is 11.8 Å². The summed E-state index contributed by atoms with van der Waals surface area (Å²) in [6.45, 7) is 2.72. The van der Waals surface area contributed by atoms with Gasteiger partial charge in [-0.25, -0.2) is 0 Å². The van der Waals surface area contributed by atoms with Crippen molar-refractivity contribution in [1.29, 1.82) is 0 Å². The molecule has 1 fully saturated rings. The highest BCUT2D eigenvalue weighted by Crippen LogP contribution is 2.24. The van der Waals surface area contributed by atoms with Crippen molar-refractivity contribution < 1.29 is 14.3 Å². The Balaban J connectivity index is 1.95. The van der Waals surface area contributed by atoms with Gasteiger partial charge < -0.3 is 15.0 Å². The van der Waals surface area contributed by atoms with Crippen LogP contribution in [0.4, 0.5) is 5.69 Å². The number of nitrogens with zero attached hydrogens (tertiary/aromatic N) is 1. The third kappa shape index (κ3) is 3.90. The zero-order valence-corrected chi connectivity index (χ0v) is 12.2. The van der Waals surface area contributed by atoms with Crippen molar-refractivity contribution in [3.05, 3.63) is 24.3 Å². The van der Waals surface area contributed by atoms with Gasteiger partial charge >= 0.3 is 0 Å². The molecule has 0 saturated carbocycles. The fraction of sp³-hybridized carbons (Fsp3) is 0.429. The number of benzene rings is 1. The highest BCUT2D eigenvalue weighted by atomic mass is 32.2. The van der Waals surface area contributed by atoms with Crippen LogP contribution in [0.2, 0.25) is 0 Å². The Hall–Kier alpha value is -1.69. The number of thioether (sulfide) groups is 1. The molecule has 6 heteroatoms. The van der Waals surface area contributed by atoms with Crippen molar-refractivity contribution in [3.63, 3.8) is 0 Å². The second-order valence-corrected chi connectivity index (χ2v) is 5.42. The normalized spacial score (nSPS) is 14.4. The second kappa shape index (κ2) is 7.19. The van der Waals surface area contributed by atoms with E-state index in [2.05, 4.69) is 5.32 Å². The molecule has 2 rings (SSSR count). The molecule has 20 heavy (non-hydrogen) atoms. The molecule has 0 aromatic heterocycles. The third-order valence-electron chi connectivity index (χ3n) is 2.78. The van der Waals surface area contributed by atoms with Crippen LogP contribution in [-0.2, 0) is 9.59 Å². The first kappa shape index (κ1) is 14.7. The van der Waals surface area contributed by atoms with E-state index in [4.69, 9.17) is 4.74 Å². The van der Waals surface area contributed by atoms with Gasteiger partial charge in [-0.2, -0.15) is 0 Å². The van der Waals surface area contributed by atoms with Gasteiger partial charge in [0.25, 0.3) is 0 Å². The van der Waals surface area contributed by atoms with E-state index in [0.717, 1.165) is 6.42 Å². The quantitative estimate of drug-likeness (QED) is 0.871. The minimum Gasteiger partial charge on any atom is -0.491 e. The van der Waals surface area contributed by atoms with E-state index in [1.54, 1.807) is 11.0 Å². The first-order valence-corrected chi connectivity index (χ1v) is 7.73. The lowest BCUT2D eigenvalue weighted by atomic mass is 10.3. The van der Waals surface area contributed by atoms with Crippen molar-refractivity contribution in [1.82, 2.24) is 4.90 Å². The Bertz CT molecular complexity index is 493. The summed E-state index contributed by atoms with van der Waals surface area (Å²) < 4.78 is 5.58. The first-order valence-electron chi connectivity index (χ1n) is 6.58. The summed E-state index contributed by atoms with van der Waals surface area (Å²) in [7, 11) is 0. The second-order valence-electron chi connectivity index (χ2n) is 4.46. The average Bonchev–Trinajstić information content (AvgIpc) is 2.83. The number of anilines is 1. The molecule has 0 bridgehead atoms. The number of para-hydroxylation sites is 2. The van der Waals surface area contributed by atoms with E-state index in [9.17, 15) is 9.59 Å². The van der Waals surface area contributed by atoms with Crippen LogP contribution in [0.5, 0.6) is 5.75 Å². The number of nitrogens with one attached hydrogen (secondary N) is 1. The molecule has 1 aliphatic rings. The van der Waals surface area contributed by atoms with Crippen LogP contribution in [0.1, 0.15) is 13.3 Å². The van der Waals surface area contributed by atoms with Gasteiger partial charge in [-0.15, -0.1) is 11.8 Å². The lowest BCUT2D eigenvalue weighted by Gasteiger charge is -2.16. The largest absolute Gasteiger partial charge is 0.491 e. The SMILES string of the molecule is CCCOc1ccccc1NC(=O)CN1CSCC1=O. The van der Waals surface area contributed by atoms with E-state index in [0.29, 0.717) is 29.7 Å². The highest BCUT2D eigenvalue weighted by Gasteiger charge is 2.23. The van der Waals surface area contributed by atoms with Crippen molar-refractivity contribution in [3.8, 4) is 5.75 Å². The lowest BCUT2D eigenvalue weighted by molar-refractivity contribution is -0.130. The molecule has 0 unspecified atom stereocenters. The zero-order valence-electron chi connectivity index (χ0n) is 11.4. The van der Waals surface area contributed by atoms with Gasteiger partial charge in [0.2, 0.25) is 11.8 Å². The minimum absolute atomic E-state index is 0.0145. The molecule has 1 aliphatic heterocycles. The Labute approximate surface area is 122 Å². The van der Waals surface area contributed by atoms with E-state index in [-0.39, 0.29) is 18.4 Å². The van der Waals surface area contributed by atoms with Gasteiger partial charge in [0.05, 0.1) is 23.9 Å². The maximum absolute atomic E-state index is 12.0. The van der Waals surface area contributed by atoms with Crippen LogP contribution in [0.15, 0.2) is 24.3 Å². The Morgan fingerprint density at radius 3 is 2.95 bits per heavy atom. The van der Waals surface area contributed by atoms with Crippen molar-refractivity contribution >= 4 is 29.3 Å². The molecule has 0 spiro atoms. The van der Waals surface area contributed by atoms with Crippen molar-refractivity contribution in [2.24, 2.45) is 0 Å². The summed E-state index contributed by atoms with van der Waals surface area (Å²) in [5.74, 6) is 1.52. The molecule has 1 aromatic carbocycles. The highest BCUT2D eigenvalue weighted by molar-refractivity contribution is 8.00. The molecule has 1 saturated heterocycles. The van der Waals surface area contributed by atoms with Crippen molar-refractivity contribution in [2.45, 2.75) is 13.3 Å². The summed E-state index contributed by atoms with van der Waals surface area (Å²) >= 11 is 1.52. The maximum Gasteiger partial charge on any atom is 0.244 e. The summed E-state index contributed by atoms with van der Waals surface area (Å²) in [5, 5.41) is 2.80. The summed E-state index contributed by atoms with van der Waals surface area (Å²) in [6, 6.07) is 7.32. The van der Waals surface area contributed by atoms with Gasteiger partial charge in [-0.1, -0.05) is 19.1 Å². The van der Waals surface area contributed by atoms with Crippen molar-refractivity contribution in [2.75, 3.05) is 30.1 Å². The molecule has 108 valence electrons. The van der Waals surface area contributed by atoms with Crippen LogP contribution in [-0.4, -0.2) is 41.5 Å². The number of amides is 2. The molecular weight excluding hydrogens is 276 g/mol. The molecule has 5 nitrogen and oxygen atoms in total. The van der Waals surface area contributed by atoms with E-state index >= 15 is 0 Å². The molecule has 0 radical (unpaired) electrons. The van der Waals surface area contributed by atoms with Gasteiger partial charge in [0, 0.05) is 0 Å². The number of carbonyl (C=O) groups is 2. The Kier molecular flexibility index (Phi) is 5.29. The number of hydrogen-bond donors (Lipinski definition) is 1. The van der Waals surface area contributed by atoms with Gasteiger partial charge in [-0.05, 0) is 18.6 Å². The molecule has 0 atom stereocenters. The summed E-state index contributed by atoms with van der Waals surface area (Å²) in [4.78, 5) is 25.0. The van der Waals surface area contributed by atoms with Crippen LogP contribution >= 0.6 is 11.8 Å². The number of rotatable bonds is 6. The van der Waals surface area contributed by atoms with Crippen LogP contribution in [0.25, 0.3) is 0 Å². The Morgan fingerprint density at radius 2 is 2.25 bits per heavy atom. The molecule has 2 amide bonds. The Morgan fingerprint density at radius 1 is 1.45 bits per heavy atom.